The van der Waals surface area contributed by atoms with Gasteiger partial charge in [0.2, 0.25) is 0 Å². The van der Waals surface area contributed by atoms with Gasteiger partial charge in [0.1, 0.15) is 11.1 Å². The first-order valence-electron chi connectivity index (χ1n) is 8.42. The number of nitrogens with zero attached hydrogens (tertiary/aromatic N) is 3. The predicted molar refractivity (Wildman–Crippen MR) is 107 cm³/mol. The van der Waals surface area contributed by atoms with Crippen molar-refractivity contribution in [2.24, 2.45) is 14.1 Å². The van der Waals surface area contributed by atoms with Gasteiger partial charge in [-0.3, -0.25) is 18.7 Å². The number of rotatable bonds is 4. The molecule has 2 aromatic heterocycles. The second-order valence-electron chi connectivity index (χ2n) is 6.78. The number of ether oxygens (including phenoxy) is 1. The van der Waals surface area contributed by atoms with Gasteiger partial charge in [-0.1, -0.05) is 11.6 Å². The summed E-state index contributed by atoms with van der Waals surface area (Å²) in [5, 5.41) is 3.41. The molecule has 3 aromatic rings. The summed E-state index contributed by atoms with van der Waals surface area (Å²) in [6.45, 7) is 3.21. The average Bonchev–Trinajstić information content (AvgIpc) is 2.66. The van der Waals surface area contributed by atoms with Crippen LogP contribution in [-0.4, -0.2) is 25.6 Å². The zero-order valence-corrected chi connectivity index (χ0v) is 16.6. The van der Waals surface area contributed by atoms with Gasteiger partial charge in [-0.25, -0.2) is 9.78 Å². The molecule has 0 unspecified atom stereocenters. The van der Waals surface area contributed by atoms with Crippen molar-refractivity contribution in [2.45, 2.75) is 19.4 Å². The molecule has 0 bridgehead atoms. The smallest absolute Gasteiger partial charge is 0.332 e. The van der Waals surface area contributed by atoms with Gasteiger partial charge in [-0.2, -0.15) is 0 Å². The number of pyridine rings is 1. The van der Waals surface area contributed by atoms with Gasteiger partial charge in [-0.15, -0.1) is 0 Å². The van der Waals surface area contributed by atoms with E-state index in [4.69, 9.17) is 16.3 Å². The molecule has 8 nitrogen and oxygen atoms in total. The van der Waals surface area contributed by atoms with Crippen LogP contribution in [0.2, 0.25) is 5.02 Å². The van der Waals surface area contributed by atoms with Gasteiger partial charge in [0.25, 0.3) is 11.5 Å². The van der Waals surface area contributed by atoms with Crippen LogP contribution in [0.25, 0.3) is 11.0 Å². The molecule has 0 saturated carbocycles. The second kappa shape index (κ2) is 7.12. The van der Waals surface area contributed by atoms with Gasteiger partial charge < -0.3 is 10.1 Å². The summed E-state index contributed by atoms with van der Waals surface area (Å²) in [6, 6.07) is 8.14. The maximum atomic E-state index is 12.8. The fourth-order valence-corrected chi connectivity index (χ4v) is 2.83. The summed E-state index contributed by atoms with van der Waals surface area (Å²) in [4.78, 5) is 41.6. The predicted octanol–water partition coefficient (Wildman–Crippen LogP) is 2.08. The number of nitrogens with one attached hydrogen (secondary N) is 1. The van der Waals surface area contributed by atoms with Crippen LogP contribution in [0.1, 0.15) is 13.8 Å². The molecule has 0 aliphatic carbocycles. The van der Waals surface area contributed by atoms with E-state index in [1.54, 1.807) is 38.1 Å². The molecule has 9 heteroatoms. The number of aromatic nitrogens is 3. The van der Waals surface area contributed by atoms with Gasteiger partial charge >= 0.3 is 5.69 Å². The Morgan fingerprint density at radius 3 is 2.39 bits per heavy atom. The minimum absolute atomic E-state index is 0.141. The van der Waals surface area contributed by atoms with Crippen LogP contribution in [0.4, 0.5) is 5.69 Å². The molecule has 0 saturated heterocycles. The van der Waals surface area contributed by atoms with E-state index in [-0.39, 0.29) is 16.7 Å². The van der Waals surface area contributed by atoms with Crippen LogP contribution < -0.4 is 21.3 Å². The fraction of sp³-hybridized carbons (Fsp3) is 0.263. The van der Waals surface area contributed by atoms with Gasteiger partial charge in [0.15, 0.2) is 11.2 Å². The fourth-order valence-electron chi connectivity index (χ4n) is 2.71. The molecule has 1 N–H and O–H groups in total. The number of halogens is 1. The molecule has 0 radical (unpaired) electrons. The molecule has 0 fully saturated rings. The molecule has 28 heavy (non-hydrogen) atoms. The Balaban J connectivity index is 1.98. The summed E-state index contributed by atoms with van der Waals surface area (Å²) in [6.07, 6.45) is 1.42. The van der Waals surface area contributed by atoms with E-state index in [1.165, 1.54) is 30.9 Å². The standard InChI is InChI=1S/C19H19ClN4O4/c1-19(2,28-12-7-5-11(20)6-8-12)17(26)22-13-9-10-21-15-14(13)16(25)24(4)18(27)23(15)3/h5-10H,1-4H3,(H,21,22,26). The van der Waals surface area contributed by atoms with Crippen molar-refractivity contribution < 1.29 is 9.53 Å². The highest BCUT2D eigenvalue weighted by Crippen LogP contribution is 2.23. The summed E-state index contributed by atoms with van der Waals surface area (Å²) in [5.74, 6) is 0.00769. The number of hydrogen-bond acceptors (Lipinski definition) is 5. The third-order valence-electron chi connectivity index (χ3n) is 4.32. The number of anilines is 1. The number of fused-ring (bicyclic) bond motifs is 1. The van der Waals surface area contributed by atoms with Crippen molar-refractivity contribution in [3.05, 3.63) is 62.4 Å². The molecule has 0 spiro atoms. The third kappa shape index (κ3) is 3.50. The largest absolute Gasteiger partial charge is 0.478 e. The lowest BCUT2D eigenvalue weighted by atomic mass is 10.1. The topological polar surface area (TPSA) is 95.2 Å². The van der Waals surface area contributed by atoms with Crippen molar-refractivity contribution in [1.82, 2.24) is 14.1 Å². The Labute approximate surface area is 165 Å². The molecule has 0 aliphatic rings. The van der Waals surface area contributed by atoms with Crippen LogP contribution in [0.5, 0.6) is 5.75 Å². The Morgan fingerprint density at radius 1 is 1.11 bits per heavy atom. The second-order valence-corrected chi connectivity index (χ2v) is 7.22. The van der Waals surface area contributed by atoms with E-state index in [0.29, 0.717) is 10.8 Å². The van der Waals surface area contributed by atoms with E-state index in [0.717, 1.165) is 4.57 Å². The van der Waals surface area contributed by atoms with E-state index in [9.17, 15) is 14.4 Å². The molecule has 0 atom stereocenters. The molecule has 146 valence electrons. The Kier molecular flexibility index (Phi) is 4.99. The molecular weight excluding hydrogens is 384 g/mol. The highest BCUT2D eigenvalue weighted by molar-refractivity contribution is 6.30. The van der Waals surface area contributed by atoms with E-state index >= 15 is 0 Å². The van der Waals surface area contributed by atoms with Crippen LogP contribution in [0.3, 0.4) is 0 Å². The lowest BCUT2D eigenvalue weighted by Gasteiger charge is -2.25. The van der Waals surface area contributed by atoms with Crippen molar-refractivity contribution in [3.8, 4) is 5.75 Å². The Bertz CT molecular complexity index is 1180. The molecule has 3 rings (SSSR count). The summed E-state index contributed by atoms with van der Waals surface area (Å²) >= 11 is 5.86. The van der Waals surface area contributed by atoms with Crippen molar-refractivity contribution in [1.29, 1.82) is 0 Å². The molecule has 1 amide bonds. The number of carbonyl (C=O) groups is 1. The average molecular weight is 403 g/mol. The van der Waals surface area contributed by atoms with Gasteiger partial charge in [0, 0.05) is 25.3 Å². The quantitative estimate of drug-likeness (QED) is 0.720. The zero-order valence-electron chi connectivity index (χ0n) is 15.8. The SMILES string of the molecule is Cn1c(=O)c2c(NC(=O)C(C)(C)Oc3ccc(Cl)cc3)ccnc2n(C)c1=O. The summed E-state index contributed by atoms with van der Waals surface area (Å²) in [7, 11) is 2.88. The van der Waals surface area contributed by atoms with Crippen LogP contribution >= 0.6 is 11.6 Å². The van der Waals surface area contributed by atoms with E-state index in [2.05, 4.69) is 10.3 Å². The van der Waals surface area contributed by atoms with Crippen LogP contribution in [0.15, 0.2) is 46.1 Å². The number of carbonyl (C=O) groups excluding carboxylic acids is 1. The highest BCUT2D eigenvalue weighted by Gasteiger charge is 2.31. The maximum absolute atomic E-state index is 12.8. The monoisotopic (exact) mass is 402 g/mol. The lowest BCUT2D eigenvalue weighted by molar-refractivity contribution is -0.128. The summed E-state index contributed by atoms with van der Waals surface area (Å²) < 4.78 is 7.99. The molecule has 0 aliphatic heterocycles. The Morgan fingerprint density at radius 2 is 1.75 bits per heavy atom. The van der Waals surface area contributed by atoms with E-state index < -0.39 is 22.8 Å². The number of aryl methyl sites for hydroxylation is 1. The third-order valence-corrected chi connectivity index (χ3v) is 4.57. The van der Waals surface area contributed by atoms with Gasteiger partial charge in [0.05, 0.1) is 5.69 Å². The number of hydrogen-bond donors (Lipinski definition) is 1. The zero-order chi connectivity index (χ0) is 20.6. The number of benzene rings is 1. The van der Waals surface area contributed by atoms with Crippen molar-refractivity contribution in [3.63, 3.8) is 0 Å². The minimum Gasteiger partial charge on any atom is -0.478 e. The minimum atomic E-state index is -1.24. The van der Waals surface area contributed by atoms with Crippen LogP contribution in [0, 0.1) is 0 Å². The first-order chi connectivity index (χ1) is 13.1. The first kappa shape index (κ1) is 19.6. The Hall–Kier alpha value is -3.13. The maximum Gasteiger partial charge on any atom is 0.332 e. The van der Waals surface area contributed by atoms with Crippen molar-refractivity contribution >= 4 is 34.2 Å². The number of amides is 1. The summed E-state index contributed by atoms with van der Waals surface area (Å²) in [5.41, 5.74) is -1.85. The van der Waals surface area contributed by atoms with Crippen molar-refractivity contribution in [2.75, 3.05) is 5.32 Å². The molecule has 1 aromatic carbocycles. The molecule has 2 heterocycles. The highest BCUT2D eigenvalue weighted by atomic mass is 35.5. The normalized spacial score (nSPS) is 11.5. The first-order valence-corrected chi connectivity index (χ1v) is 8.80. The van der Waals surface area contributed by atoms with E-state index in [1.807, 2.05) is 0 Å². The molecular formula is C19H19ClN4O4. The lowest BCUT2D eigenvalue weighted by Crippen LogP contribution is -2.43. The van der Waals surface area contributed by atoms with Crippen LogP contribution in [-0.2, 0) is 18.9 Å². The van der Waals surface area contributed by atoms with Gasteiger partial charge in [-0.05, 0) is 44.2 Å².